The summed E-state index contributed by atoms with van der Waals surface area (Å²) in [6, 6.07) is 0.186. The summed E-state index contributed by atoms with van der Waals surface area (Å²) in [6.07, 6.45) is 1.46. The monoisotopic (exact) mass is 270 g/mol. The summed E-state index contributed by atoms with van der Waals surface area (Å²) >= 11 is 0. The van der Waals surface area contributed by atoms with Crippen LogP contribution < -0.4 is 10.6 Å². The van der Waals surface area contributed by atoms with Crippen molar-refractivity contribution in [1.82, 2.24) is 10.6 Å². The zero-order valence-electron chi connectivity index (χ0n) is 12.4. The second kappa shape index (κ2) is 5.77. The summed E-state index contributed by atoms with van der Waals surface area (Å²) < 4.78 is 10.7. The molecule has 1 aliphatic heterocycles. The lowest BCUT2D eigenvalue weighted by molar-refractivity contribution is -0.131. The van der Waals surface area contributed by atoms with Crippen LogP contribution in [0.2, 0.25) is 0 Å². The van der Waals surface area contributed by atoms with Crippen LogP contribution >= 0.6 is 0 Å². The van der Waals surface area contributed by atoms with Crippen molar-refractivity contribution >= 4 is 5.91 Å². The van der Waals surface area contributed by atoms with Crippen LogP contribution in [-0.4, -0.2) is 51.0 Å². The predicted octanol–water partition coefficient (Wildman–Crippen LogP) is 0.541. The summed E-state index contributed by atoms with van der Waals surface area (Å²) in [5.74, 6) is 0.597. The molecule has 0 bridgehead atoms. The van der Waals surface area contributed by atoms with Gasteiger partial charge in [0.1, 0.15) is 0 Å². The Bertz CT molecular complexity index is 333. The third kappa shape index (κ3) is 2.78. The van der Waals surface area contributed by atoms with Crippen molar-refractivity contribution in [2.45, 2.75) is 45.4 Å². The van der Waals surface area contributed by atoms with Gasteiger partial charge >= 0.3 is 0 Å². The maximum Gasteiger partial charge on any atom is 0.236 e. The minimum Gasteiger partial charge on any atom is -0.383 e. The molecule has 4 unspecified atom stereocenters. The van der Waals surface area contributed by atoms with Crippen LogP contribution in [0.3, 0.4) is 0 Å². The maximum absolute atomic E-state index is 11.9. The van der Waals surface area contributed by atoms with Gasteiger partial charge in [-0.05, 0) is 13.3 Å². The number of amides is 1. The number of hydrogen-bond donors (Lipinski definition) is 2. The molecule has 4 atom stereocenters. The van der Waals surface area contributed by atoms with Gasteiger partial charge in [-0.3, -0.25) is 4.79 Å². The number of ether oxygens (including phenoxy) is 2. The first-order valence-corrected chi connectivity index (χ1v) is 7.12. The van der Waals surface area contributed by atoms with Gasteiger partial charge in [0.25, 0.3) is 0 Å². The third-order valence-corrected chi connectivity index (χ3v) is 4.53. The zero-order valence-corrected chi connectivity index (χ0v) is 12.4. The van der Waals surface area contributed by atoms with Crippen molar-refractivity contribution in [3.05, 3.63) is 0 Å². The Morgan fingerprint density at radius 2 is 2.26 bits per heavy atom. The molecule has 1 amide bonds. The summed E-state index contributed by atoms with van der Waals surface area (Å²) in [5, 5.41) is 6.34. The van der Waals surface area contributed by atoms with Gasteiger partial charge in [0, 0.05) is 37.6 Å². The fourth-order valence-electron chi connectivity index (χ4n) is 3.44. The average Bonchev–Trinajstić information content (AvgIpc) is 2.82. The lowest BCUT2D eigenvalue weighted by atomic mass is 9.57. The van der Waals surface area contributed by atoms with E-state index in [1.807, 2.05) is 6.92 Å². The molecular weight excluding hydrogens is 244 g/mol. The molecule has 0 aromatic heterocycles. The zero-order chi connectivity index (χ0) is 14.0. The van der Waals surface area contributed by atoms with E-state index in [9.17, 15) is 4.79 Å². The van der Waals surface area contributed by atoms with E-state index in [1.165, 1.54) is 0 Å². The molecule has 2 N–H and O–H groups in total. The largest absolute Gasteiger partial charge is 0.383 e. The van der Waals surface area contributed by atoms with Crippen molar-refractivity contribution < 1.29 is 14.3 Å². The fraction of sp³-hybridized carbons (Fsp3) is 0.929. The number of fused-ring (bicyclic) bond motifs is 1. The Morgan fingerprint density at radius 3 is 2.95 bits per heavy atom. The molecule has 1 saturated heterocycles. The summed E-state index contributed by atoms with van der Waals surface area (Å²) in [7, 11) is 1.63. The van der Waals surface area contributed by atoms with E-state index in [0.717, 1.165) is 13.0 Å². The highest BCUT2D eigenvalue weighted by Gasteiger charge is 2.59. The van der Waals surface area contributed by atoms with Gasteiger partial charge < -0.3 is 20.1 Å². The first-order chi connectivity index (χ1) is 8.98. The average molecular weight is 270 g/mol. The van der Waals surface area contributed by atoms with Crippen molar-refractivity contribution in [3.63, 3.8) is 0 Å². The molecule has 19 heavy (non-hydrogen) atoms. The SMILES string of the molecule is COCCNC(=O)C(C)NC1C2CCOC2C1(C)C. The van der Waals surface area contributed by atoms with Crippen LogP contribution in [0.25, 0.3) is 0 Å². The van der Waals surface area contributed by atoms with Crippen LogP contribution in [0.1, 0.15) is 27.2 Å². The Labute approximate surface area is 115 Å². The molecule has 1 heterocycles. The number of carbonyl (C=O) groups is 1. The lowest BCUT2D eigenvalue weighted by Gasteiger charge is -2.55. The van der Waals surface area contributed by atoms with E-state index in [-0.39, 0.29) is 17.4 Å². The van der Waals surface area contributed by atoms with E-state index in [0.29, 0.717) is 31.2 Å². The first-order valence-electron chi connectivity index (χ1n) is 7.12. The van der Waals surface area contributed by atoms with Gasteiger partial charge in [-0.2, -0.15) is 0 Å². The van der Waals surface area contributed by atoms with Crippen LogP contribution in [0.5, 0.6) is 0 Å². The Hall–Kier alpha value is -0.650. The number of carbonyl (C=O) groups excluding carboxylic acids is 1. The quantitative estimate of drug-likeness (QED) is 0.692. The van der Waals surface area contributed by atoms with Crippen molar-refractivity contribution in [3.8, 4) is 0 Å². The molecule has 5 heteroatoms. The van der Waals surface area contributed by atoms with E-state index in [2.05, 4.69) is 24.5 Å². The van der Waals surface area contributed by atoms with Crippen molar-refractivity contribution in [2.24, 2.45) is 11.3 Å². The van der Waals surface area contributed by atoms with Gasteiger partial charge in [0.2, 0.25) is 5.91 Å². The van der Waals surface area contributed by atoms with Crippen molar-refractivity contribution in [1.29, 1.82) is 0 Å². The highest BCUT2D eigenvalue weighted by Crippen LogP contribution is 2.52. The number of nitrogens with one attached hydrogen (secondary N) is 2. The fourth-order valence-corrected chi connectivity index (χ4v) is 3.44. The normalized spacial score (nSPS) is 33.4. The highest BCUT2D eigenvalue weighted by atomic mass is 16.5. The predicted molar refractivity (Wildman–Crippen MR) is 72.9 cm³/mol. The van der Waals surface area contributed by atoms with Crippen LogP contribution in [0.4, 0.5) is 0 Å². The molecule has 2 aliphatic rings. The smallest absolute Gasteiger partial charge is 0.236 e. The van der Waals surface area contributed by atoms with Gasteiger partial charge in [-0.1, -0.05) is 13.8 Å². The molecule has 1 aliphatic carbocycles. The molecule has 0 aromatic rings. The molecule has 2 fully saturated rings. The van der Waals surface area contributed by atoms with Crippen LogP contribution in [-0.2, 0) is 14.3 Å². The molecule has 110 valence electrons. The van der Waals surface area contributed by atoms with E-state index in [4.69, 9.17) is 9.47 Å². The van der Waals surface area contributed by atoms with Crippen LogP contribution in [0.15, 0.2) is 0 Å². The minimum atomic E-state index is -0.178. The standard InChI is InChI=1S/C14H26N2O3/c1-9(13(17)15-6-8-18-4)16-11-10-5-7-19-12(10)14(11,2)3/h9-12,16H,5-8H2,1-4H3,(H,15,17). The van der Waals surface area contributed by atoms with Crippen LogP contribution in [0, 0.1) is 11.3 Å². The molecular formula is C14H26N2O3. The van der Waals surface area contributed by atoms with Gasteiger partial charge in [-0.15, -0.1) is 0 Å². The molecule has 1 saturated carbocycles. The molecule has 2 rings (SSSR count). The Morgan fingerprint density at radius 1 is 1.53 bits per heavy atom. The Kier molecular flexibility index (Phi) is 4.48. The molecule has 0 radical (unpaired) electrons. The lowest BCUT2D eigenvalue weighted by Crippen LogP contribution is -2.68. The minimum absolute atomic E-state index is 0.0372. The topological polar surface area (TPSA) is 59.6 Å². The number of methoxy groups -OCH3 is 1. The highest BCUT2D eigenvalue weighted by molar-refractivity contribution is 5.81. The van der Waals surface area contributed by atoms with Gasteiger partial charge in [-0.25, -0.2) is 0 Å². The van der Waals surface area contributed by atoms with Crippen molar-refractivity contribution in [2.75, 3.05) is 26.9 Å². The second-order valence-electron chi connectivity index (χ2n) is 6.22. The molecule has 5 nitrogen and oxygen atoms in total. The molecule has 0 aromatic carbocycles. The van der Waals surface area contributed by atoms with E-state index >= 15 is 0 Å². The van der Waals surface area contributed by atoms with Gasteiger partial charge in [0.15, 0.2) is 0 Å². The third-order valence-electron chi connectivity index (χ3n) is 4.53. The summed E-state index contributed by atoms with van der Waals surface area (Å²) in [5.41, 5.74) is 0.113. The first kappa shape index (κ1) is 14.8. The molecule has 0 spiro atoms. The van der Waals surface area contributed by atoms with Gasteiger partial charge in [0.05, 0.1) is 18.8 Å². The van der Waals surface area contributed by atoms with E-state index in [1.54, 1.807) is 7.11 Å². The van der Waals surface area contributed by atoms with E-state index < -0.39 is 0 Å². The Balaban J connectivity index is 1.82. The second-order valence-corrected chi connectivity index (χ2v) is 6.22. The maximum atomic E-state index is 11.9. The number of hydrogen-bond acceptors (Lipinski definition) is 4. The summed E-state index contributed by atoms with van der Waals surface area (Å²) in [6.45, 7) is 8.31. The number of rotatable bonds is 6. The summed E-state index contributed by atoms with van der Waals surface area (Å²) in [4.78, 5) is 11.9.